The summed E-state index contributed by atoms with van der Waals surface area (Å²) in [6.07, 6.45) is 0. The van der Waals surface area contributed by atoms with Crippen LogP contribution in [0, 0.1) is 0 Å². The fraction of sp³-hybridized carbons (Fsp3) is 0.0500. The normalized spacial score (nSPS) is 11.1. The second kappa shape index (κ2) is 5.69. The van der Waals surface area contributed by atoms with E-state index in [0.29, 0.717) is 10.7 Å². The minimum atomic E-state index is -0.138. The Morgan fingerprint density at radius 1 is 0.958 bits per heavy atom. The van der Waals surface area contributed by atoms with Gasteiger partial charge in [0.05, 0.1) is 0 Å². The van der Waals surface area contributed by atoms with Crippen LogP contribution in [0.25, 0.3) is 21.7 Å². The summed E-state index contributed by atoms with van der Waals surface area (Å²) in [7, 11) is 1.87. The van der Waals surface area contributed by atoms with E-state index in [1.54, 1.807) is 0 Å². The lowest BCUT2D eigenvalue weighted by atomic mass is 10.1. The van der Waals surface area contributed by atoms with Gasteiger partial charge in [-0.15, -0.1) is 0 Å². The van der Waals surface area contributed by atoms with Crippen molar-refractivity contribution in [1.29, 1.82) is 0 Å². The molecule has 0 bridgehead atoms. The predicted molar refractivity (Wildman–Crippen MR) is 99.8 cm³/mol. The molecule has 3 nitrogen and oxygen atoms in total. The number of nitrogens with zero attached hydrogens (tertiary/aromatic N) is 1. The summed E-state index contributed by atoms with van der Waals surface area (Å²) in [4.78, 5) is 12.8. The van der Waals surface area contributed by atoms with Gasteiger partial charge in [0.2, 0.25) is 0 Å². The summed E-state index contributed by atoms with van der Waals surface area (Å²) in [6.45, 7) is 0. The summed E-state index contributed by atoms with van der Waals surface area (Å²) < 4.78 is 1.86. The Hall–Kier alpha value is -2.78. The number of anilines is 1. The summed E-state index contributed by atoms with van der Waals surface area (Å²) >= 11 is 6.06. The van der Waals surface area contributed by atoms with Crippen LogP contribution in [0.1, 0.15) is 10.5 Å². The van der Waals surface area contributed by atoms with Crippen molar-refractivity contribution < 1.29 is 4.79 Å². The number of rotatable bonds is 2. The monoisotopic (exact) mass is 334 g/mol. The Kier molecular flexibility index (Phi) is 3.51. The standard InChI is InChI=1S/C20H15ClN2O/c1-23-18-12-15(21)10-9-14(18)11-19(23)20(24)22-17-8-4-6-13-5-2-3-7-16(13)17/h2-12H,1H3,(H,22,24). The molecule has 1 N–H and O–H groups in total. The average Bonchev–Trinajstić information content (AvgIpc) is 2.92. The number of carbonyl (C=O) groups is 1. The molecule has 0 aliphatic rings. The van der Waals surface area contributed by atoms with Gasteiger partial charge in [-0.05, 0) is 29.7 Å². The molecule has 0 saturated heterocycles. The highest BCUT2D eigenvalue weighted by molar-refractivity contribution is 6.31. The van der Waals surface area contributed by atoms with Crippen LogP contribution in [0.2, 0.25) is 5.02 Å². The number of aryl methyl sites for hydroxylation is 1. The average molecular weight is 335 g/mol. The van der Waals surface area contributed by atoms with E-state index >= 15 is 0 Å². The Bertz CT molecular complexity index is 1080. The molecule has 0 spiro atoms. The molecule has 4 aromatic rings. The van der Waals surface area contributed by atoms with E-state index in [0.717, 1.165) is 27.4 Å². The number of fused-ring (bicyclic) bond motifs is 2. The molecular weight excluding hydrogens is 320 g/mol. The smallest absolute Gasteiger partial charge is 0.272 e. The van der Waals surface area contributed by atoms with Crippen molar-refractivity contribution in [3.8, 4) is 0 Å². The maximum absolute atomic E-state index is 12.8. The number of benzene rings is 3. The van der Waals surface area contributed by atoms with Crippen molar-refractivity contribution in [2.75, 3.05) is 5.32 Å². The Morgan fingerprint density at radius 2 is 1.75 bits per heavy atom. The highest BCUT2D eigenvalue weighted by Crippen LogP contribution is 2.26. The maximum Gasteiger partial charge on any atom is 0.272 e. The lowest BCUT2D eigenvalue weighted by molar-refractivity contribution is 0.102. The van der Waals surface area contributed by atoms with Crippen LogP contribution in [-0.2, 0) is 7.05 Å². The van der Waals surface area contributed by atoms with Gasteiger partial charge in [0.1, 0.15) is 5.69 Å². The number of carbonyl (C=O) groups excluding carboxylic acids is 1. The Balaban J connectivity index is 1.75. The third kappa shape index (κ3) is 2.43. The largest absolute Gasteiger partial charge is 0.340 e. The zero-order valence-corrected chi connectivity index (χ0v) is 13.8. The molecule has 1 amide bonds. The van der Waals surface area contributed by atoms with Crippen LogP contribution in [0.5, 0.6) is 0 Å². The van der Waals surface area contributed by atoms with Gasteiger partial charge >= 0.3 is 0 Å². The molecule has 0 radical (unpaired) electrons. The summed E-state index contributed by atoms with van der Waals surface area (Å²) in [5.74, 6) is -0.138. The van der Waals surface area contributed by atoms with E-state index in [2.05, 4.69) is 5.32 Å². The first-order valence-corrected chi connectivity index (χ1v) is 8.05. The number of amides is 1. The maximum atomic E-state index is 12.8. The van der Waals surface area contributed by atoms with Crippen LogP contribution >= 0.6 is 11.6 Å². The molecule has 118 valence electrons. The number of hydrogen-bond acceptors (Lipinski definition) is 1. The number of hydrogen-bond donors (Lipinski definition) is 1. The predicted octanol–water partition coefficient (Wildman–Crippen LogP) is 5.24. The van der Waals surface area contributed by atoms with Crippen LogP contribution < -0.4 is 5.32 Å². The molecule has 0 saturated carbocycles. The topological polar surface area (TPSA) is 34.0 Å². The molecule has 4 heteroatoms. The van der Waals surface area contributed by atoms with Crippen molar-refractivity contribution in [3.63, 3.8) is 0 Å². The first-order chi connectivity index (χ1) is 11.6. The highest BCUT2D eigenvalue weighted by atomic mass is 35.5. The lowest BCUT2D eigenvalue weighted by Crippen LogP contribution is -2.15. The molecular formula is C20H15ClN2O. The van der Waals surface area contributed by atoms with E-state index in [1.165, 1.54) is 0 Å². The molecule has 0 aliphatic carbocycles. The van der Waals surface area contributed by atoms with Crippen molar-refractivity contribution in [1.82, 2.24) is 4.57 Å². The molecule has 4 rings (SSSR count). The third-order valence-electron chi connectivity index (χ3n) is 4.28. The van der Waals surface area contributed by atoms with Crippen LogP contribution in [0.15, 0.2) is 66.7 Å². The minimum Gasteiger partial charge on any atom is -0.340 e. The van der Waals surface area contributed by atoms with Crippen molar-refractivity contribution in [3.05, 3.63) is 77.4 Å². The van der Waals surface area contributed by atoms with Crippen molar-refractivity contribution in [2.45, 2.75) is 0 Å². The van der Waals surface area contributed by atoms with Gasteiger partial charge in [0.15, 0.2) is 0 Å². The third-order valence-corrected chi connectivity index (χ3v) is 4.51. The summed E-state index contributed by atoms with van der Waals surface area (Å²) in [5, 5.41) is 6.79. The van der Waals surface area contributed by atoms with E-state index in [1.807, 2.05) is 78.3 Å². The van der Waals surface area contributed by atoms with Crippen LogP contribution in [0.3, 0.4) is 0 Å². The summed E-state index contributed by atoms with van der Waals surface area (Å²) in [6, 6.07) is 21.4. The molecule has 0 unspecified atom stereocenters. The van der Waals surface area contributed by atoms with Crippen molar-refractivity contribution >= 4 is 44.9 Å². The Labute approximate surface area is 144 Å². The van der Waals surface area contributed by atoms with Gasteiger partial charge in [-0.25, -0.2) is 0 Å². The lowest BCUT2D eigenvalue weighted by Gasteiger charge is -2.09. The van der Waals surface area contributed by atoms with Gasteiger partial charge in [-0.2, -0.15) is 0 Å². The van der Waals surface area contributed by atoms with Crippen LogP contribution in [-0.4, -0.2) is 10.5 Å². The van der Waals surface area contributed by atoms with Gasteiger partial charge in [-0.3, -0.25) is 4.79 Å². The highest BCUT2D eigenvalue weighted by Gasteiger charge is 2.14. The zero-order chi connectivity index (χ0) is 16.7. The first kappa shape index (κ1) is 14.8. The SMILES string of the molecule is Cn1c(C(=O)Nc2cccc3ccccc23)cc2ccc(Cl)cc21. The minimum absolute atomic E-state index is 0.138. The van der Waals surface area contributed by atoms with Gasteiger partial charge in [-0.1, -0.05) is 54.1 Å². The van der Waals surface area contributed by atoms with Gasteiger partial charge in [0, 0.05) is 34.0 Å². The number of aromatic nitrogens is 1. The van der Waals surface area contributed by atoms with E-state index in [9.17, 15) is 4.79 Å². The molecule has 24 heavy (non-hydrogen) atoms. The van der Waals surface area contributed by atoms with E-state index < -0.39 is 0 Å². The Morgan fingerprint density at radius 3 is 2.62 bits per heavy atom. The molecule has 1 aromatic heterocycles. The molecule has 3 aromatic carbocycles. The quantitative estimate of drug-likeness (QED) is 0.534. The fourth-order valence-corrected chi connectivity index (χ4v) is 3.21. The zero-order valence-electron chi connectivity index (χ0n) is 13.1. The molecule has 0 fully saturated rings. The number of halogens is 1. The van der Waals surface area contributed by atoms with E-state index in [4.69, 9.17) is 11.6 Å². The molecule has 1 heterocycles. The molecule has 0 atom stereocenters. The fourth-order valence-electron chi connectivity index (χ4n) is 3.04. The second-order valence-electron chi connectivity index (χ2n) is 5.77. The van der Waals surface area contributed by atoms with Crippen LogP contribution in [0.4, 0.5) is 5.69 Å². The van der Waals surface area contributed by atoms with Gasteiger partial charge < -0.3 is 9.88 Å². The molecule has 0 aliphatic heterocycles. The second-order valence-corrected chi connectivity index (χ2v) is 6.21. The summed E-state index contributed by atoms with van der Waals surface area (Å²) in [5.41, 5.74) is 2.34. The van der Waals surface area contributed by atoms with Crippen molar-refractivity contribution in [2.24, 2.45) is 7.05 Å². The van der Waals surface area contributed by atoms with E-state index in [-0.39, 0.29) is 5.91 Å². The van der Waals surface area contributed by atoms with Gasteiger partial charge in [0.25, 0.3) is 5.91 Å². The number of nitrogens with one attached hydrogen (secondary N) is 1. The first-order valence-electron chi connectivity index (χ1n) is 7.67.